The van der Waals surface area contributed by atoms with Gasteiger partial charge in [-0.05, 0) is 65.2 Å². The summed E-state index contributed by atoms with van der Waals surface area (Å²) in [6.07, 6.45) is 0.372. The fourth-order valence-electron chi connectivity index (χ4n) is 2.21. The quantitative estimate of drug-likeness (QED) is 0.779. The highest BCUT2D eigenvalue weighted by atomic mass is 79.9. The van der Waals surface area contributed by atoms with Crippen molar-refractivity contribution in [2.45, 2.75) is 20.3 Å². The van der Waals surface area contributed by atoms with Gasteiger partial charge in [0, 0.05) is 23.1 Å². The summed E-state index contributed by atoms with van der Waals surface area (Å²) in [4.78, 5) is 12.1. The van der Waals surface area contributed by atoms with E-state index in [2.05, 4.69) is 26.6 Å². The van der Waals surface area contributed by atoms with Gasteiger partial charge in [-0.1, -0.05) is 12.1 Å². The molecule has 0 saturated carbocycles. The maximum Gasteiger partial charge on any atom is 0.226 e. The van der Waals surface area contributed by atoms with Crippen molar-refractivity contribution in [3.8, 4) is 5.75 Å². The first-order chi connectivity index (χ1) is 11.0. The third-order valence-corrected chi connectivity index (χ3v) is 4.08. The smallest absolute Gasteiger partial charge is 0.226 e. The molecule has 0 atom stereocenters. The second kappa shape index (κ2) is 8.02. The Morgan fingerprint density at radius 2 is 1.78 bits per heavy atom. The largest absolute Gasteiger partial charge is 0.495 e. The standard InChI is InChI=1S/C18H21BrN2O2/c1-12-4-6-15(14(19)10-12)20-9-8-18(22)21-16-11-13(2)5-7-17(16)23-3/h4-7,10-11,20H,8-9H2,1-3H3,(H,21,22). The SMILES string of the molecule is COc1ccc(C)cc1NC(=O)CCNc1ccc(C)cc1Br. The number of benzene rings is 2. The number of rotatable bonds is 6. The van der Waals surface area contributed by atoms with Gasteiger partial charge in [-0.3, -0.25) is 4.79 Å². The van der Waals surface area contributed by atoms with E-state index < -0.39 is 0 Å². The number of carbonyl (C=O) groups excluding carboxylic acids is 1. The molecule has 0 aliphatic carbocycles. The first kappa shape index (κ1) is 17.3. The van der Waals surface area contributed by atoms with E-state index in [4.69, 9.17) is 4.74 Å². The normalized spacial score (nSPS) is 10.3. The molecule has 1 amide bonds. The van der Waals surface area contributed by atoms with Crippen molar-refractivity contribution >= 4 is 33.2 Å². The molecule has 0 fully saturated rings. The van der Waals surface area contributed by atoms with Crippen molar-refractivity contribution in [3.63, 3.8) is 0 Å². The molecule has 0 spiro atoms. The molecule has 0 unspecified atom stereocenters. The summed E-state index contributed by atoms with van der Waals surface area (Å²) < 4.78 is 6.26. The molecule has 0 aliphatic heterocycles. The number of methoxy groups -OCH3 is 1. The van der Waals surface area contributed by atoms with Gasteiger partial charge < -0.3 is 15.4 Å². The Morgan fingerprint density at radius 1 is 1.09 bits per heavy atom. The highest BCUT2D eigenvalue weighted by molar-refractivity contribution is 9.10. The highest BCUT2D eigenvalue weighted by Gasteiger charge is 2.08. The number of ether oxygens (including phenoxy) is 1. The fraction of sp³-hybridized carbons (Fsp3) is 0.278. The van der Waals surface area contributed by atoms with Gasteiger partial charge in [-0.25, -0.2) is 0 Å². The zero-order valence-corrected chi connectivity index (χ0v) is 15.2. The van der Waals surface area contributed by atoms with Crippen LogP contribution in [-0.2, 0) is 4.79 Å². The van der Waals surface area contributed by atoms with E-state index in [1.165, 1.54) is 5.56 Å². The molecule has 0 saturated heterocycles. The number of amides is 1. The summed E-state index contributed by atoms with van der Waals surface area (Å²) in [6.45, 7) is 4.57. The monoisotopic (exact) mass is 376 g/mol. The van der Waals surface area contributed by atoms with Crippen LogP contribution in [0.1, 0.15) is 17.5 Å². The number of hydrogen-bond donors (Lipinski definition) is 2. The number of halogens is 1. The maximum atomic E-state index is 12.1. The van der Waals surface area contributed by atoms with Crippen LogP contribution in [0.25, 0.3) is 0 Å². The molecule has 0 bridgehead atoms. The van der Waals surface area contributed by atoms with Crippen LogP contribution in [-0.4, -0.2) is 19.6 Å². The molecular formula is C18H21BrN2O2. The topological polar surface area (TPSA) is 50.4 Å². The van der Waals surface area contributed by atoms with Gasteiger partial charge in [0.15, 0.2) is 0 Å². The molecule has 2 aromatic rings. The summed E-state index contributed by atoms with van der Waals surface area (Å²) >= 11 is 3.52. The van der Waals surface area contributed by atoms with Gasteiger partial charge in [0.2, 0.25) is 5.91 Å². The Morgan fingerprint density at radius 3 is 2.48 bits per heavy atom. The van der Waals surface area contributed by atoms with Crippen LogP contribution in [0.4, 0.5) is 11.4 Å². The lowest BCUT2D eigenvalue weighted by molar-refractivity contribution is -0.115. The van der Waals surface area contributed by atoms with Crippen molar-refractivity contribution in [2.24, 2.45) is 0 Å². The Balaban J connectivity index is 1.89. The van der Waals surface area contributed by atoms with E-state index in [-0.39, 0.29) is 5.91 Å². The minimum atomic E-state index is -0.0513. The molecule has 2 aromatic carbocycles. The van der Waals surface area contributed by atoms with Crippen LogP contribution in [0.3, 0.4) is 0 Å². The Kier molecular flexibility index (Phi) is 6.04. The van der Waals surface area contributed by atoms with Gasteiger partial charge in [-0.2, -0.15) is 0 Å². The van der Waals surface area contributed by atoms with E-state index in [0.717, 1.165) is 15.7 Å². The van der Waals surface area contributed by atoms with Gasteiger partial charge in [0.1, 0.15) is 5.75 Å². The average Bonchev–Trinajstić information content (AvgIpc) is 2.50. The minimum Gasteiger partial charge on any atom is -0.495 e. The number of carbonyl (C=O) groups is 1. The van der Waals surface area contributed by atoms with Gasteiger partial charge in [0.25, 0.3) is 0 Å². The Bertz CT molecular complexity index is 701. The summed E-state index contributed by atoms with van der Waals surface area (Å²) in [7, 11) is 1.59. The predicted octanol–water partition coefficient (Wildman–Crippen LogP) is 4.52. The molecule has 2 rings (SSSR count). The van der Waals surface area contributed by atoms with Crippen molar-refractivity contribution in [3.05, 3.63) is 52.0 Å². The zero-order chi connectivity index (χ0) is 16.8. The van der Waals surface area contributed by atoms with E-state index in [9.17, 15) is 4.79 Å². The summed E-state index contributed by atoms with van der Waals surface area (Å²) in [6, 6.07) is 11.8. The second-order valence-corrected chi connectivity index (χ2v) is 6.27. The predicted molar refractivity (Wildman–Crippen MR) is 98.3 cm³/mol. The van der Waals surface area contributed by atoms with E-state index in [1.807, 2.05) is 50.2 Å². The number of anilines is 2. The summed E-state index contributed by atoms with van der Waals surface area (Å²) in [5, 5.41) is 6.15. The molecule has 122 valence electrons. The van der Waals surface area contributed by atoms with Crippen molar-refractivity contribution < 1.29 is 9.53 Å². The maximum absolute atomic E-state index is 12.1. The first-order valence-corrected chi connectivity index (χ1v) is 8.23. The number of hydrogen-bond acceptors (Lipinski definition) is 3. The van der Waals surface area contributed by atoms with Crippen LogP contribution in [0, 0.1) is 13.8 Å². The Labute approximate surface area is 145 Å². The zero-order valence-electron chi connectivity index (χ0n) is 13.6. The van der Waals surface area contributed by atoms with Gasteiger partial charge in [-0.15, -0.1) is 0 Å². The summed E-state index contributed by atoms with van der Waals surface area (Å²) in [5.41, 5.74) is 3.94. The summed E-state index contributed by atoms with van der Waals surface area (Å²) in [5.74, 6) is 0.614. The molecular weight excluding hydrogens is 356 g/mol. The molecule has 23 heavy (non-hydrogen) atoms. The molecule has 2 N–H and O–H groups in total. The lowest BCUT2D eigenvalue weighted by atomic mass is 10.2. The van der Waals surface area contributed by atoms with Crippen molar-refractivity contribution in [1.29, 1.82) is 0 Å². The molecule has 4 nitrogen and oxygen atoms in total. The lowest BCUT2D eigenvalue weighted by Crippen LogP contribution is -2.17. The van der Waals surface area contributed by atoms with Gasteiger partial charge in [0.05, 0.1) is 12.8 Å². The third kappa shape index (κ3) is 4.99. The van der Waals surface area contributed by atoms with Crippen LogP contribution >= 0.6 is 15.9 Å². The van der Waals surface area contributed by atoms with E-state index >= 15 is 0 Å². The van der Waals surface area contributed by atoms with Crippen LogP contribution < -0.4 is 15.4 Å². The average molecular weight is 377 g/mol. The second-order valence-electron chi connectivity index (χ2n) is 5.41. The molecule has 0 radical (unpaired) electrons. The fourth-order valence-corrected chi connectivity index (χ4v) is 2.84. The molecule has 0 aliphatic rings. The van der Waals surface area contributed by atoms with Crippen molar-refractivity contribution in [2.75, 3.05) is 24.3 Å². The van der Waals surface area contributed by atoms with E-state index in [0.29, 0.717) is 24.4 Å². The first-order valence-electron chi connectivity index (χ1n) is 7.44. The molecule has 0 heterocycles. The van der Waals surface area contributed by atoms with Crippen molar-refractivity contribution in [1.82, 2.24) is 0 Å². The van der Waals surface area contributed by atoms with Crippen LogP contribution in [0.2, 0.25) is 0 Å². The van der Waals surface area contributed by atoms with E-state index in [1.54, 1.807) is 7.11 Å². The Hall–Kier alpha value is -2.01. The lowest BCUT2D eigenvalue weighted by Gasteiger charge is -2.12. The van der Waals surface area contributed by atoms with Crippen LogP contribution in [0.15, 0.2) is 40.9 Å². The highest BCUT2D eigenvalue weighted by Crippen LogP contribution is 2.25. The number of nitrogens with one attached hydrogen (secondary N) is 2. The minimum absolute atomic E-state index is 0.0513. The van der Waals surface area contributed by atoms with Crippen LogP contribution in [0.5, 0.6) is 5.75 Å². The number of aryl methyl sites for hydroxylation is 2. The third-order valence-electron chi connectivity index (χ3n) is 3.42. The van der Waals surface area contributed by atoms with Gasteiger partial charge >= 0.3 is 0 Å². The molecule has 0 aromatic heterocycles. The molecule has 5 heteroatoms.